The molecule has 0 amide bonds. The zero-order valence-electron chi connectivity index (χ0n) is 11.3. The Kier molecular flexibility index (Phi) is 3.86. The molecule has 6 heteroatoms. The van der Waals surface area contributed by atoms with Crippen LogP contribution in [0.4, 0.5) is 0 Å². The van der Waals surface area contributed by atoms with Gasteiger partial charge in [-0.1, -0.05) is 0 Å². The number of nitrogens with zero attached hydrogens (tertiary/aromatic N) is 1. The number of morpholine rings is 1. The lowest BCUT2D eigenvalue weighted by molar-refractivity contribution is -0.0651. The van der Waals surface area contributed by atoms with E-state index in [1.807, 2.05) is 0 Å². The maximum atomic E-state index is 12.4. The van der Waals surface area contributed by atoms with Gasteiger partial charge in [0.05, 0.1) is 31.1 Å². The van der Waals surface area contributed by atoms with E-state index >= 15 is 0 Å². The second kappa shape index (κ2) is 5.31. The quantitative estimate of drug-likeness (QED) is 0.685. The van der Waals surface area contributed by atoms with E-state index in [-0.39, 0.29) is 11.3 Å². The van der Waals surface area contributed by atoms with Crippen LogP contribution in [0, 0.1) is 5.92 Å². The highest BCUT2D eigenvalue weighted by Crippen LogP contribution is 2.41. The van der Waals surface area contributed by atoms with Crippen molar-refractivity contribution in [2.45, 2.75) is 37.6 Å². The first-order valence-electron chi connectivity index (χ1n) is 7.28. The average molecular weight is 289 g/mol. The molecule has 0 N–H and O–H groups in total. The standard InChI is InChI=1S/C13H23NO4S/c15-19(16,9-8-17-10-12-2-3-12)14-6-7-18-11-13(14)4-1-5-13/h12H,1-11H2. The largest absolute Gasteiger partial charge is 0.380 e. The van der Waals surface area contributed by atoms with E-state index < -0.39 is 10.0 Å². The molecule has 1 aliphatic heterocycles. The summed E-state index contributed by atoms with van der Waals surface area (Å²) in [5.74, 6) is 0.797. The van der Waals surface area contributed by atoms with Gasteiger partial charge >= 0.3 is 0 Å². The van der Waals surface area contributed by atoms with Crippen LogP contribution in [0.2, 0.25) is 0 Å². The number of hydrogen-bond donors (Lipinski definition) is 0. The summed E-state index contributed by atoms with van der Waals surface area (Å²) >= 11 is 0. The van der Waals surface area contributed by atoms with Gasteiger partial charge in [0.1, 0.15) is 0 Å². The Bertz CT molecular complexity index is 414. The fourth-order valence-corrected chi connectivity index (χ4v) is 4.67. The second-order valence-electron chi connectivity index (χ2n) is 6.04. The highest BCUT2D eigenvalue weighted by atomic mass is 32.2. The van der Waals surface area contributed by atoms with Gasteiger partial charge in [-0.3, -0.25) is 0 Å². The SMILES string of the molecule is O=S(=O)(CCOCC1CC1)N1CCOCC12CCC2. The second-order valence-corrected chi connectivity index (χ2v) is 8.05. The van der Waals surface area contributed by atoms with Crippen molar-refractivity contribution in [3.63, 3.8) is 0 Å². The molecule has 5 nitrogen and oxygen atoms in total. The molecule has 1 heterocycles. The highest BCUT2D eigenvalue weighted by molar-refractivity contribution is 7.89. The van der Waals surface area contributed by atoms with Gasteiger partial charge in [-0.2, -0.15) is 4.31 Å². The van der Waals surface area contributed by atoms with Gasteiger partial charge in [0.15, 0.2) is 0 Å². The first-order valence-corrected chi connectivity index (χ1v) is 8.89. The third-order valence-electron chi connectivity index (χ3n) is 4.49. The maximum Gasteiger partial charge on any atom is 0.217 e. The summed E-state index contributed by atoms with van der Waals surface area (Å²) in [7, 11) is -3.20. The van der Waals surface area contributed by atoms with Crippen LogP contribution >= 0.6 is 0 Å². The van der Waals surface area contributed by atoms with Crippen molar-refractivity contribution in [1.82, 2.24) is 4.31 Å². The molecule has 2 saturated carbocycles. The summed E-state index contributed by atoms with van der Waals surface area (Å²) in [4.78, 5) is 0. The Morgan fingerprint density at radius 2 is 2.11 bits per heavy atom. The number of hydrogen-bond acceptors (Lipinski definition) is 4. The lowest BCUT2D eigenvalue weighted by Gasteiger charge is -2.51. The highest BCUT2D eigenvalue weighted by Gasteiger charge is 2.49. The molecule has 1 spiro atoms. The predicted molar refractivity (Wildman–Crippen MR) is 71.4 cm³/mol. The van der Waals surface area contributed by atoms with E-state index in [4.69, 9.17) is 9.47 Å². The number of ether oxygens (including phenoxy) is 2. The summed E-state index contributed by atoms with van der Waals surface area (Å²) in [6.07, 6.45) is 5.45. The van der Waals surface area contributed by atoms with E-state index in [0.717, 1.165) is 25.9 Å². The van der Waals surface area contributed by atoms with Crippen LogP contribution < -0.4 is 0 Å². The summed E-state index contributed by atoms with van der Waals surface area (Å²) < 4.78 is 37.5. The van der Waals surface area contributed by atoms with E-state index in [1.54, 1.807) is 4.31 Å². The molecule has 110 valence electrons. The van der Waals surface area contributed by atoms with E-state index in [0.29, 0.717) is 32.3 Å². The van der Waals surface area contributed by atoms with Crippen molar-refractivity contribution in [2.75, 3.05) is 38.7 Å². The summed E-state index contributed by atoms with van der Waals surface area (Å²) in [6.45, 7) is 2.64. The Labute approximate surface area is 115 Å². The van der Waals surface area contributed by atoms with Crippen molar-refractivity contribution in [2.24, 2.45) is 5.92 Å². The van der Waals surface area contributed by atoms with E-state index in [9.17, 15) is 8.42 Å². The van der Waals surface area contributed by atoms with Crippen LogP contribution in [0.3, 0.4) is 0 Å². The van der Waals surface area contributed by atoms with Gasteiger partial charge < -0.3 is 9.47 Å². The predicted octanol–water partition coefficient (Wildman–Crippen LogP) is 0.998. The van der Waals surface area contributed by atoms with Crippen molar-refractivity contribution in [3.8, 4) is 0 Å². The fraction of sp³-hybridized carbons (Fsp3) is 1.00. The van der Waals surface area contributed by atoms with Crippen molar-refractivity contribution < 1.29 is 17.9 Å². The Morgan fingerprint density at radius 1 is 1.32 bits per heavy atom. The molecule has 0 aromatic carbocycles. The number of sulfonamides is 1. The summed E-state index contributed by atoms with van der Waals surface area (Å²) in [5.41, 5.74) is -0.229. The van der Waals surface area contributed by atoms with Gasteiger partial charge in [0.2, 0.25) is 10.0 Å². The van der Waals surface area contributed by atoms with Gasteiger partial charge in [-0.25, -0.2) is 8.42 Å². The number of rotatable bonds is 6. The lowest BCUT2D eigenvalue weighted by Crippen LogP contribution is -2.63. The van der Waals surface area contributed by atoms with Crippen molar-refractivity contribution >= 4 is 10.0 Å². The van der Waals surface area contributed by atoms with Gasteiger partial charge in [-0.05, 0) is 38.0 Å². The van der Waals surface area contributed by atoms with Crippen LogP contribution in [0.1, 0.15) is 32.1 Å². The molecule has 3 rings (SSSR count). The van der Waals surface area contributed by atoms with E-state index in [2.05, 4.69) is 0 Å². The topological polar surface area (TPSA) is 55.8 Å². The molecule has 3 fully saturated rings. The molecule has 0 aromatic heterocycles. The molecule has 0 aromatic rings. The fourth-order valence-electron chi connectivity index (χ4n) is 2.94. The molecule has 19 heavy (non-hydrogen) atoms. The van der Waals surface area contributed by atoms with Gasteiger partial charge in [0.25, 0.3) is 0 Å². The first kappa shape index (κ1) is 13.8. The minimum atomic E-state index is -3.20. The molecular weight excluding hydrogens is 266 g/mol. The average Bonchev–Trinajstić information content (AvgIpc) is 3.17. The molecule has 1 saturated heterocycles. The smallest absolute Gasteiger partial charge is 0.217 e. The van der Waals surface area contributed by atoms with Gasteiger partial charge in [0, 0.05) is 13.2 Å². The lowest BCUT2D eigenvalue weighted by atomic mass is 9.77. The van der Waals surface area contributed by atoms with Crippen LogP contribution in [0.15, 0.2) is 0 Å². The Hall–Kier alpha value is -0.170. The third kappa shape index (κ3) is 2.96. The molecule has 0 unspecified atom stereocenters. The van der Waals surface area contributed by atoms with Crippen LogP contribution in [-0.4, -0.2) is 57.0 Å². The van der Waals surface area contributed by atoms with Gasteiger partial charge in [-0.15, -0.1) is 0 Å². The Morgan fingerprint density at radius 3 is 2.74 bits per heavy atom. The zero-order valence-corrected chi connectivity index (χ0v) is 12.2. The molecule has 3 aliphatic rings. The van der Waals surface area contributed by atoms with Crippen LogP contribution in [0.5, 0.6) is 0 Å². The van der Waals surface area contributed by atoms with Crippen LogP contribution in [-0.2, 0) is 19.5 Å². The Balaban J connectivity index is 1.54. The summed E-state index contributed by atoms with van der Waals surface area (Å²) in [6, 6.07) is 0. The minimum absolute atomic E-state index is 0.113. The first-order chi connectivity index (χ1) is 9.12. The monoisotopic (exact) mass is 289 g/mol. The van der Waals surface area contributed by atoms with E-state index in [1.165, 1.54) is 12.8 Å². The zero-order chi connectivity index (χ0) is 13.3. The van der Waals surface area contributed by atoms with Crippen molar-refractivity contribution in [3.05, 3.63) is 0 Å². The molecular formula is C13H23NO4S. The summed E-state index contributed by atoms with van der Waals surface area (Å²) in [5, 5.41) is 0. The molecule has 0 atom stereocenters. The molecule has 0 radical (unpaired) electrons. The van der Waals surface area contributed by atoms with Crippen LogP contribution in [0.25, 0.3) is 0 Å². The molecule has 0 bridgehead atoms. The maximum absolute atomic E-state index is 12.4. The normalized spacial score (nSPS) is 27.4. The molecule has 2 aliphatic carbocycles. The minimum Gasteiger partial charge on any atom is -0.380 e. The van der Waals surface area contributed by atoms with Crippen molar-refractivity contribution in [1.29, 1.82) is 0 Å². The third-order valence-corrected chi connectivity index (χ3v) is 6.42.